The van der Waals surface area contributed by atoms with Gasteiger partial charge in [-0.3, -0.25) is 9.59 Å². The highest BCUT2D eigenvalue weighted by molar-refractivity contribution is 7.99. The quantitative estimate of drug-likeness (QED) is 0.613. The summed E-state index contributed by atoms with van der Waals surface area (Å²) < 4.78 is 0. The maximum absolute atomic E-state index is 12.3. The van der Waals surface area contributed by atoms with E-state index in [1.807, 2.05) is 31.2 Å². The number of likely N-dealkylation sites (tertiary alicyclic amines) is 1. The highest BCUT2D eigenvalue weighted by Gasteiger charge is 2.14. The first-order chi connectivity index (χ1) is 14.6. The van der Waals surface area contributed by atoms with Crippen LogP contribution in [0, 0.1) is 6.92 Å². The van der Waals surface area contributed by atoms with Crippen LogP contribution in [-0.2, 0) is 10.5 Å². The van der Waals surface area contributed by atoms with E-state index in [9.17, 15) is 9.59 Å². The molecule has 0 saturated carbocycles. The van der Waals surface area contributed by atoms with Gasteiger partial charge in [0, 0.05) is 24.5 Å². The number of anilines is 1. The van der Waals surface area contributed by atoms with Crippen LogP contribution in [0.1, 0.15) is 46.1 Å². The van der Waals surface area contributed by atoms with Gasteiger partial charge in [-0.15, -0.1) is 22.0 Å². The molecule has 0 atom stereocenters. The fourth-order valence-electron chi connectivity index (χ4n) is 3.22. The second-order valence-corrected chi connectivity index (χ2v) is 9.47. The molecule has 7 nitrogen and oxygen atoms in total. The standard InChI is InChI=1S/C21H29N5O2S2/c1-16-6-8-17(9-7-16)23-20(28)21-25-24-19(30-21)15-29-14-18(27)22-10-13-26-11-4-2-3-5-12-26/h6-9H,2-5,10-15H2,1H3,(H,22,27)(H,23,28). The molecule has 30 heavy (non-hydrogen) atoms. The number of carbonyl (C=O) groups is 2. The van der Waals surface area contributed by atoms with E-state index in [4.69, 9.17) is 0 Å². The number of amides is 2. The molecule has 0 bridgehead atoms. The molecule has 1 saturated heterocycles. The van der Waals surface area contributed by atoms with E-state index in [0.29, 0.717) is 23.1 Å². The molecule has 9 heteroatoms. The summed E-state index contributed by atoms with van der Waals surface area (Å²) in [5.74, 6) is 0.718. The molecular weight excluding hydrogens is 418 g/mol. The lowest BCUT2D eigenvalue weighted by Gasteiger charge is -2.19. The van der Waals surface area contributed by atoms with E-state index in [0.717, 1.165) is 35.9 Å². The summed E-state index contributed by atoms with van der Waals surface area (Å²) in [6.45, 7) is 5.90. The van der Waals surface area contributed by atoms with E-state index >= 15 is 0 Å². The number of benzene rings is 1. The van der Waals surface area contributed by atoms with Crippen LogP contribution < -0.4 is 10.6 Å². The molecule has 162 valence electrons. The predicted molar refractivity (Wildman–Crippen MR) is 123 cm³/mol. The van der Waals surface area contributed by atoms with Gasteiger partial charge >= 0.3 is 0 Å². The normalized spacial score (nSPS) is 14.8. The molecule has 0 radical (unpaired) electrons. The second-order valence-electron chi connectivity index (χ2n) is 7.42. The lowest BCUT2D eigenvalue weighted by atomic mass is 10.2. The number of rotatable bonds is 9. The van der Waals surface area contributed by atoms with Crippen molar-refractivity contribution in [2.45, 2.75) is 38.4 Å². The highest BCUT2D eigenvalue weighted by atomic mass is 32.2. The van der Waals surface area contributed by atoms with Gasteiger partial charge in [0.05, 0.1) is 5.75 Å². The SMILES string of the molecule is Cc1ccc(NC(=O)c2nnc(CSCC(=O)NCCN3CCCCCC3)s2)cc1. The summed E-state index contributed by atoms with van der Waals surface area (Å²) in [6, 6.07) is 7.60. The summed E-state index contributed by atoms with van der Waals surface area (Å²) in [7, 11) is 0. The summed E-state index contributed by atoms with van der Waals surface area (Å²) in [5, 5.41) is 14.9. The van der Waals surface area contributed by atoms with Gasteiger partial charge in [0.15, 0.2) is 0 Å². The molecule has 1 aromatic carbocycles. The summed E-state index contributed by atoms with van der Waals surface area (Å²) in [5.41, 5.74) is 1.86. The van der Waals surface area contributed by atoms with Gasteiger partial charge in [0.25, 0.3) is 5.91 Å². The Morgan fingerprint density at radius 3 is 2.57 bits per heavy atom. The predicted octanol–water partition coefficient (Wildman–Crippen LogP) is 3.32. The molecule has 2 amide bonds. The van der Waals surface area contributed by atoms with Crippen molar-refractivity contribution >= 4 is 40.6 Å². The number of aryl methyl sites for hydroxylation is 1. The van der Waals surface area contributed by atoms with Crippen LogP contribution in [0.2, 0.25) is 0 Å². The summed E-state index contributed by atoms with van der Waals surface area (Å²) in [4.78, 5) is 26.8. The lowest BCUT2D eigenvalue weighted by molar-refractivity contribution is -0.118. The van der Waals surface area contributed by atoms with Gasteiger partial charge in [-0.2, -0.15) is 0 Å². The van der Waals surface area contributed by atoms with E-state index in [-0.39, 0.29) is 11.8 Å². The number of carbonyl (C=O) groups excluding carboxylic acids is 2. The Bertz CT molecular complexity index is 817. The van der Waals surface area contributed by atoms with Crippen LogP contribution in [0.15, 0.2) is 24.3 Å². The van der Waals surface area contributed by atoms with Gasteiger partial charge in [0.2, 0.25) is 10.9 Å². The van der Waals surface area contributed by atoms with E-state index in [2.05, 4.69) is 25.7 Å². The monoisotopic (exact) mass is 447 g/mol. The number of nitrogens with one attached hydrogen (secondary N) is 2. The number of hydrogen-bond acceptors (Lipinski definition) is 7. The molecule has 3 rings (SSSR count). The van der Waals surface area contributed by atoms with Gasteiger partial charge in [-0.1, -0.05) is 41.9 Å². The van der Waals surface area contributed by atoms with Gasteiger partial charge < -0.3 is 15.5 Å². The van der Waals surface area contributed by atoms with Crippen LogP contribution in [0.4, 0.5) is 5.69 Å². The topological polar surface area (TPSA) is 87.2 Å². The Kier molecular flexibility index (Phi) is 9.10. The molecule has 1 aromatic heterocycles. The van der Waals surface area contributed by atoms with Crippen molar-refractivity contribution in [3.63, 3.8) is 0 Å². The molecular formula is C21H29N5O2S2. The largest absolute Gasteiger partial charge is 0.354 e. The number of thioether (sulfide) groups is 1. The Hall–Kier alpha value is -1.97. The second kappa shape index (κ2) is 12.0. The molecule has 1 aliphatic heterocycles. The molecule has 0 aliphatic carbocycles. The Morgan fingerprint density at radius 2 is 1.83 bits per heavy atom. The van der Waals surface area contributed by atoms with Gasteiger partial charge in [0.1, 0.15) is 5.01 Å². The molecule has 2 N–H and O–H groups in total. The fraction of sp³-hybridized carbons (Fsp3) is 0.524. The maximum Gasteiger partial charge on any atom is 0.286 e. The minimum Gasteiger partial charge on any atom is -0.354 e. The van der Waals surface area contributed by atoms with Crippen LogP contribution in [-0.4, -0.2) is 58.8 Å². The third-order valence-corrected chi connectivity index (χ3v) is 6.93. The van der Waals surface area contributed by atoms with Gasteiger partial charge in [-0.05, 0) is 45.0 Å². The van der Waals surface area contributed by atoms with Crippen LogP contribution in [0.5, 0.6) is 0 Å². The molecule has 1 fully saturated rings. The first-order valence-electron chi connectivity index (χ1n) is 10.4. The minimum atomic E-state index is -0.265. The summed E-state index contributed by atoms with van der Waals surface area (Å²) >= 11 is 2.75. The first kappa shape index (κ1) is 22.7. The van der Waals surface area contributed by atoms with Crippen molar-refractivity contribution in [3.05, 3.63) is 39.8 Å². The number of nitrogens with zero attached hydrogens (tertiary/aromatic N) is 3. The van der Waals surface area contributed by atoms with E-state index in [1.165, 1.54) is 48.8 Å². The van der Waals surface area contributed by atoms with Crippen LogP contribution in [0.3, 0.4) is 0 Å². The number of aromatic nitrogens is 2. The van der Waals surface area contributed by atoms with Crippen LogP contribution >= 0.6 is 23.1 Å². The zero-order valence-electron chi connectivity index (χ0n) is 17.4. The lowest BCUT2D eigenvalue weighted by Crippen LogP contribution is -2.36. The third kappa shape index (κ3) is 7.70. The first-order valence-corrected chi connectivity index (χ1v) is 12.3. The number of hydrogen-bond donors (Lipinski definition) is 2. The average Bonchev–Trinajstić information content (AvgIpc) is 3.05. The molecule has 0 spiro atoms. The Labute approximate surface area is 186 Å². The van der Waals surface area contributed by atoms with Gasteiger partial charge in [-0.25, -0.2) is 0 Å². The fourth-order valence-corrected chi connectivity index (χ4v) is 4.86. The zero-order chi connectivity index (χ0) is 21.2. The highest BCUT2D eigenvalue weighted by Crippen LogP contribution is 2.18. The molecule has 0 unspecified atom stereocenters. The van der Waals surface area contributed by atoms with E-state index in [1.54, 1.807) is 0 Å². The van der Waals surface area contributed by atoms with E-state index < -0.39 is 0 Å². The maximum atomic E-state index is 12.3. The smallest absolute Gasteiger partial charge is 0.286 e. The Morgan fingerprint density at radius 1 is 1.10 bits per heavy atom. The molecule has 1 aliphatic rings. The van der Waals surface area contributed by atoms with Crippen molar-refractivity contribution in [1.29, 1.82) is 0 Å². The molecule has 2 heterocycles. The summed E-state index contributed by atoms with van der Waals surface area (Å²) in [6.07, 6.45) is 5.16. The zero-order valence-corrected chi connectivity index (χ0v) is 19.0. The Balaban J connectivity index is 1.33. The minimum absolute atomic E-state index is 0.0386. The molecule has 2 aromatic rings. The van der Waals surface area contributed by atoms with Crippen molar-refractivity contribution in [1.82, 2.24) is 20.4 Å². The van der Waals surface area contributed by atoms with Crippen LogP contribution in [0.25, 0.3) is 0 Å². The average molecular weight is 448 g/mol. The van der Waals surface area contributed by atoms with Crippen molar-refractivity contribution in [2.24, 2.45) is 0 Å². The van der Waals surface area contributed by atoms with Crippen molar-refractivity contribution < 1.29 is 9.59 Å². The third-order valence-electron chi connectivity index (χ3n) is 4.88. The van der Waals surface area contributed by atoms with Crippen molar-refractivity contribution in [2.75, 3.05) is 37.2 Å². The van der Waals surface area contributed by atoms with Crippen molar-refractivity contribution in [3.8, 4) is 0 Å².